The summed E-state index contributed by atoms with van der Waals surface area (Å²) >= 11 is 0. The van der Waals surface area contributed by atoms with Gasteiger partial charge in [-0.1, -0.05) is 36.4 Å². The Bertz CT molecular complexity index is 730. The standard InChI is InChI=1S/C18H18N2O3/c1-12-6-5-9-16(19-12)17(21)20-10-14(15(11-20)18(22)23)13-7-3-2-4-8-13/h2-9,14-15H,10-11H2,1H3,(H,22,23)/t14-,15-/m0/s1. The van der Waals surface area contributed by atoms with Crippen LogP contribution < -0.4 is 0 Å². The number of hydrogen-bond donors (Lipinski definition) is 1. The van der Waals surface area contributed by atoms with Crippen LogP contribution in [0.5, 0.6) is 0 Å². The molecule has 1 aromatic heterocycles. The number of carboxylic acids is 1. The number of carbonyl (C=O) groups excluding carboxylic acids is 1. The van der Waals surface area contributed by atoms with Gasteiger partial charge in [0.25, 0.3) is 5.91 Å². The summed E-state index contributed by atoms with van der Waals surface area (Å²) in [5.41, 5.74) is 2.08. The third-order valence-electron chi connectivity index (χ3n) is 4.26. The Labute approximate surface area is 134 Å². The second kappa shape index (κ2) is 6.20. The van der Waals surface area contributed by atoms with Crippen molar-refractivity contribution < 1.29 is 14.7 Å². The van der Waals surface area contributed by atoms with Crippen LogP contribution in [0.3, 0.4) is 0 Å². The Balaban J connectivity index is 1.86. The molecule has 2 atom stereocenters. The Morgan fingerprint density at radius 1 is 1.09 bits per heavy atom. The number of amides is 1. The van der Waals surface area contributed by atoms with Crippen molar-refractivity contribution in [1.29, 1.82) is 0 Å². The fraction of sp³-hybridized carbons (Fsp3) is 0.278. The van der Waals surface area contributed by atoms with Crippen molar-refractivity contribution in [3.63, 3.8) is 0 Å². The highest BCUT2D eigenvalue weighted by molar-refractivity contribution is 5.93. The summed E-state index contributed by atoms with van der Waals surface area (Å²) in [5.74, 6) is -1.86. The van der Waals surface area contributed by atoms with Crippen LogP contribution in [0.25, 0.3) is 0 Å². The maximum Gasteiger partial charge on any atom is 0.308 e. The van der Waals surface area contributed by atoms with Gasteiger partial charge in [0.2, 0.25) is 0 Å². The van der Waals surface area contributed by atoms with Gasteiger partial charge in [0.05, 0.1) is 5.92 Å². The third-order valence-corrected chi connectivity index (χ3v) is 4.26. The van der Waals surface area contributed by atoms with E-state index in [9.17, 15) is 14.7 Å². The summed E-state index contributed by atoms with van der Waals surface area (Å²) in [6, 6.07) is 14.8. The number of likely N-dealkylation sites (tertiary alicyclic amines) is 1. The molecule has 3 rings (SSSR count). The van der Waals surface area contributed by atoms with E-state index in [4.69, 9.17) is 0 Å². The normalized spacial score (nSPS) is 20.5. The van der Waals surface area contributed by atoms with Crippen molar-refractivity contribution in [2.75, 3.05) is 13.1 Å². The summed E-state index contributed by atoms with van der Waals surface area (Å²) in [4.78, 5) is 30.0. The number of pyridine rings is 1. The van der Waals surface area contributed by atoms with Gasteiger partial charge < -0.3 is 10.0 Å². The number of aryl methyl sites for hydroxylation is 1. The van der Waals surface area contributed by atoms with Crippen molar-refractivity contribution >= 4 is 11.9 Å². The summed E-state index contributed by atoms with van der Waals surface area (Å²) in [7, 11) is 0. The zero-order valence-corrected chi connectivity index (χ0v) is 12.8. The lowest BCUT2D eigenvalue weighted by atomic mass is 9.89. The predicted molar refractivity (Wildman–Crippen MR) is 85.2 cm³/mol. The topological polar surface area (TPSA) is 70.5 Å². The predicted octanol–water partition coefficient (Wildman–Crippen LogP) is 2.33. The maximum absolute atomic E-state index is 12.6. The van der Waals surface area contributed by atoms with Crippen molar-refractivity contribution in [2.45, 2.75) is 12.8 Å². The van der Waals surface area contributed by atoms with Crippen molar-refractivity contribution in [2.24, 2.45) is 5.92 Å². The third kappa shape index (κ3) is 3.08. The second-order valence-corrected chi connectivity index (χ2v) is 5.84. The van der Waals surface area contributed by atoms with E-state index in [1.54, 1.807) is 17.0 Å². The average Bonchev–Trinajstić information content (AvgIpc) is 3.00. The zero-order chi connectivity index (χ0) is 16.4. The van der Waals surface area contributed by atoms with Gasteiger partial charge in [-0.05, 0) is 24.6 Å². The van der Waals surface area contributed by atoms with Crippen LogP contribution in [0.1, 0.15) is 27.7 Å². The van der Waals surface area contributed by atoms with E-state index < -0.39 is 11.9 Å². The molecule has 118 valence electrons. The van der Waals surface area contributed by atoms with Gasteiger partial charge in [0.1, 0.15) is 5.69 Å². The highest BCUT2D eigenvalue weighted by atomic mass is 16.4. The first-order valence-corrected chi connectivity index (χ1v) is 7.57. The molecule has 0 spiro atoms. The van der Waals surface area contributed by atoms with E-state index >= 15 is 0 Å². The molecule has 1 saturated heterocycles. The van der Waals surface area contributed by atoms with Crippen LogP contribution in [-0.2, 0) is 4.79 Å². The average molecular weight is 310 g/mol. The molecule has 2 heterocycles. The largest absolute Gasteiger partial charge is 0.481 e. The molecule has 1 aliphatic heterocycles. The van der Waals surface area contributed by atoms with Crippen LogP contribution in [0.4, 0.5) is 0 Å². The monoisotopic (exact) mass is 310 g/mol. The lowest BCUT2D eigenvalue weighted by Crippen LogP contribution is -2.30. The first kappa shape index (κ1) is 15.2. The molecule has 5 heteroatoms. The van der Waals surface area contributed by atoms with Crippen LogP contribution in [0, 0.1) is 12.8 Å². The molecule has 0 saturated carbocycles. The molecule has 23 heavy (non-hydrogen) atoms. The fourth-order valence-electron chi connectivity index (χ4n) is 3.08. The SMILES string of the molecule is Cc1cccc(C(=O)N2C[C@H](C(=O)O)[C@H](c3ccccc3)C2)n1. The number of nitrogens with zero attached hydrogens (tertiary/aromatic N) is 2. The molecule has 0 bridgehead atoms. The molecule has 1 amide bonds. The van der Waals surface area contributed by atoms with Gasteiger partial charge in [-0.3, -0.25) is 9.59 Å². The van der Waals surface area contributed by atoms with E-state index in [1.807, 2.05) is 43.3 Å². The highest BCUT2D eigenvalue weighted by Crippen LogP contribution is 2.33. The Morgan fingerprint density at radius 2 is 1.83 bits per heavy atom. The minimum Gasteiger partial charge on any atom is -0.481 e. The maximum atomic E-state index is 12.6. The van der Waals surface area contributed by atoms with E-state index in [2.05, 4.69) is 4.98 Å². The number of rotatable bonds is 3. The molecular weight excluding hydrogens is 292 g/mol. The minimum absolute atomic E-state index is 0.192. The van der Waals surface area contributed by atoms with E-state index in [-0.39, 0.29) is 18.4 Å². The molecule has 0 unspecified atom stereocenters. The number of carboxylic acid groups (broad SMARTS) is 1. The van der Waals surface area contributed by atoms with Gasteiger partial charge in [0.15, 0.2) is 0 Å². The number of benzene rings is 1. The number of aliphatic carboxylic acids is 1. The summed E-state index contributed by atoms with van der Waals surface area (Å²) in [6.07, 6.45) is 0. The molecule has 1 aromatic carbocycles. The number of aromatic nitrogens is 1. The molecule has 0 aliphatic carbocycles. The Hall–Kier alpha value is -2.69. The van der Waals surface area contributed by atoms with E-state index in [1.165, 1.54) is 0 Å². The van der Waals surface area contributed by atoms with E-state index in [0.717, 1.165) is 11.3 Å². The first-order chi connectivity index (χ1) is 11.1. The first-order valence-electron chi connectivity index (χ1n) is 7.57. The van der Waals surface area contributed by atoms with Gasteiger partial charge >= 0.3 is 5.97 Å². The summed E-state index contributed by atoms with van der Waals surface area (Å²) in [5, 5.41) is 9.51. The Morgan fingerprint density at radius 3 is 2.48 bits per heavy atom. The lowest BCUT2D eigenvalue weighted by molar-refractivity contribution is -0.141. The molecule has 1 fully saturated rings. The summed E-state index contributed by atoms with van der Waals surface area (Å²) < 4.78 is 0. The van der Waals surface area contributed by atoms with Gasteiger partial charge in [-0.2, -0.15) is 0 Å². The van der Waals surface area contributed by atoms with Crippen molar-refractivity contribution in [1.82, 2.24) is 9.88 Å². The zero-order valence-electron chi connectivity index (χ0n) is 12.8. The molecule has 5 nitrogen and oxygen atoms in total. The molecule has 1 N–H and O–H groups in total. The quantitative estimate of drug-likeness (QED) is 0.944. The minimum atomic E-state index is -0.869. The summed E-state index contributed by atoms with van der Waals surface area (Å²) in [6.45, 7) is 2.44. The van der Waals surface area contributed by atoms with Crippen LogP contribution in [-0.4, -0.2) is 40.0 Å². The number of carbonyl (C=O) groups is 2. The lowest BCUT2D eigenvalue weighted by Gasteiger charge is -2.16. The van der Waals surface area contributed by atoms with Crippen LogP contribution >= 0.6 is 0 Å². The fourth-order valence-corrected chi connectivity index (χ4v) is 3.08. The van der Waals surface area contributed by atoms with Gasteiger partial charge in [0, 0.05) is 24.7 Å². The van der Waals surface area contributed by atoms with Crippen LogP contribution in [0.15, 0.2) is 48.5 Å². The van der Waals surface area contributed by atoms with E-state index in [0.29, 0.717) is 12.2 Å². The van der Waals surface area contributed by atoms with Gasteiger partial charge in [-0.25, -0.2) is 4.98 Å². The Kier molecular flexibility index (Phi) is 4.10. The number of hydrogen-bond acceptors (Lipinski definition) is 3. The molecular formula is C18H18N2O3. The molecule has 1 aliphatic rings. The van der Waals surface area contributed by atoms with Gasteiger partial charge in [-0.15, -0.1) is 0 Å². The van der Waals surface area contributed by atoms with Crippen molar-refractivity contribution in [3.05, 3.63) is 65.5 Å². The molecule has 0 radical (unpaired) electrons. The molecule has 2 aromatic rings. The smallest absolute Gasteiger partial charge is 0.308 e. The highest BCUT2D eigenvalue weighted by Gasteiger charge is 2.40. The van der Waals surface area contributed by atoms with Crippen LogP contribution in [0.2, 0.25) is 0 Å². The van der Waals surface area contributed by atoms with Crippen molar-refractivity contribution in [3.8, 4) is 0 Å². The second-order valence-electron chi connectivity index (χ2n) is 5.84.